The Labute approximate surface area is 153 Å². The van der Waals surface area contributed by atoms with Crippen molar-refractivity contribution in [1.29, 1.82) is 0 Å². The number of carbonyl (C=O) groups excluding carboxylic acids is 3. The number of nitrogens with one attached hydrogen (secondary N) is 2. The predicted octanol–water partition coefficient (Wildman–Crippen LogP) is 1.26. The minimum atomic E-state index is -1.05. The molecule has 0 atom stereocenters. The molecule has 0 saturated carbocycles. The lowest BCUT2D eigenvalue weighted by atomic mass is 10.1. The maximum absolute atomic E-state index is 11.8. The Morgan fingerprint density at radius 2 is 1.52 bits per heavy atom. The van der Waals surface area contributed by atoms with Crippen LogP contribution in [-0.4, -0.2) is 42.2 Å². The first-order valence-corrected chi connectivity index (χ1v) is 7.57. The van der Waals surface area contributed by atoms with E-state index in [1.165, 1.54) is 61.9 Å². The van der Waals surface area contributed by atoms with Crippen molar-refractivity contribution in [2.75, 3.05) is 12.4 Å². The maximum atomic E-state index is 11.8. The lowest BCUT2D eigenvalue weighted by Gasteiger charge is -2.05. The molecular formula is C18H15N3O6. The molecule has 0 bridgehead atoms. The number of anilines is 1. The molecule has 27 heavy (non-hydrogen) atoms. The molecule has 0 aliphatic heterocycles. The summed E-state index contributed by atoms with van der Waals surface area (Å²) in [6.45, 7) is 0. The highest BCUT2D eigenvalue weighted by Crippen LogP contribution is 2.10. The van der Waals surface area contributed by atoms with Gasteiger partial charge in [-0.25, -0.2) is 15.0 Å². The zero-order chi connectivity index (χ0) is 19.8. The second-order valence-electron chi connectivity index (χ2n) is 5.15. The van der Waals surface area contributed by atoms with Crippen LogP contribution < -0.4 is 10.7 Å². The van der Waals surface area contributed by atoms with Crippen LogP contribution in [-0.2, 0) is 14.3 Å². The molecular weight excluding hydrogens is 354 g/mol. The normalized spacial score (nSPS) is 10.3. The first kappa shape index (κ1) is 19.3. The highest BCUT2D eigenvalue weighted by molar-refractivity contribution is 6.39. The van der Waals surface area contributed by atoms with E-state index in [1.807, 2.05) is 0 Å². The summed E-state index contributed by atoms with van der Waals surface area (Å²) in [7, 11) is 1.25. The van der Waals surface area contributed by atoms with Crippen molar-refractivity contribution in [2.24, 2.45) is 5.10 Å². The van der Waals surface area contributed by atoms with E-state index in [0.717, 1.165) is 0 Å². The molecule has 2 amide bonds. The fraction of sp³-hybridized carbons (Fsp3) is 0.0556. The van der Waals surface area contributed by atoms with Gasteiger partial charge in [0.15, 0.2) is 0 Å². The molecule has 2 aromatic rings. The fourth-order valence-corrected chi connectivity index (χ4v) is 1.92. The standard InChI is InChI=1S/C18H15N3O6/c1-27-18(26)13-6-8-14(9-7-13)20-15(22)16(23)21-19-10-11-2-4-12(5-3-11)17(24)25/h2-10H,1H3,(H,20,22)(H,21,23)(H,24,25)/b19-10-. The molecule has 2 rings (SSSR count). The van der Waals surface area contributed by atoms with E-state index < -0.39 is 23.8 Å². The Bertz CT molecular complexity index is 888. The number of nitrogens with zero attached hydrogens (tertiary/aromatic N) is 1. The van der Waals surface area contributed by atoms with E-state index in [1.54, 1.807) is 0 Å². The van der Waals surface area contributed by atoms with Gasteiger partial charge in [0.25, 0.3) is 0 Å². The zero-order valence-electron chi connectivity index (χ0n) is 14.1. The summed E-state index contributed by atoms with van der Waals surface area (Å²) in [6, 6.07) is 11.6. The first-order valence-electron chi connectivity index (χ1n) is 7.57. The summed E-state index contributed by atoms with van der Waals surface area (Å²) in [6.07, 6.45) is 1.27. The Hall–Kier alpha value is -4.01. The number of hydrogen-bond acceptors (Lipinski definition) is 6. The van der Waals surface area contributed by atoms with Gasteiger partial charge < -0.3 is 15.2 Å². The number of benzene rings is 2. The molecule has 0 unspecified atom stereocenters. The van der Waals surface area contributed by atoms with E-state index in [0.29, 0.717) is 16.8 Å². The van der Waals surface area contributed by atoms with Crippen molar-refractivity contribution in [2.45, 2.75) is 0 Å². The van der Waals surface area contributed by atoms with E-state index >= 15 is 0 Å². The van der Waals surface area contributed by atoms with Crippen LogP contribution in [0.25, 0.3) is 0 Å². The molecule has 0 aliphatic rings. The largest absolute Gasteiger partial charge is 0.478 e. The monoisotopic (exact) mass is 369 g/mol. The molecule has 0 aliphatic carbocycles. The summed E-state index contributed by atoms with van der Waals surface area (Å²) in [5.74, 6) is -3.51. The van der Waals surface area contributed by atoms with Gasteiger partial charge in [-0.3, -0.25) is 9.59 Å². The van der Waals surface area contributed by atoms with Crippen LogP contribution in [0.5, 0.6) is 0 Å². The van der Waals surface area contributed by atoms with Crippen LogP contribution >= 0.6 is 0 Å². The van der Waals surface area contributed by atoms with Gasteiger partial charge in [-0.15, -0.1) is 0 Å². The number of hydrogen-bond donors (Lipinski definition) is 3. The van der Waals surface area contributed by atoms with Crippen molar-refractivity contribution in [3.8, 4) is 0 Å². The highest BCUT2D eigenvalue weighted by Gasteiger charge is 2.13. The van der Waals surface area contributed by atoms with Gasteiger partial charge in [0.2, 0.25) is 0 Å². The van der Waals surface area contributed by atoms with E-state index in [2.05, 4.69) is 20.6 Å². The van der Waals surface area contributed by atoms with Crippen molar-refractivity contribution >= 4 is 35.7 Å². The number of amides is 2. The quantitative estimate of drug-likeness (QED) is 0.314. The lowest BCUT2D eigenvalue weighted by Crippen LogP contribution is -2.32. The third kappa shape index (κ3) is 5.49. The van der Waals surface area contributed by atoms with Crippen molar-refractivity contribution < 1.29 is 29.0 Å². The minimum Gasteiger partial charge on any atom is -0.478 e. The topological polar surface area (TPSA) is 134 Å². The van der Waals surface area contributed by atoms with Crippen molar-refractivity contribution in [1.82, 2.24) is 5.43 Å². The van der Waals surface area contributed by atoms with Crippen LogP contribution in [0.1, 0.15) is 26.3 Å². The van der Waals surface area contributed by atoms with E-state index in [9.17, 15) is 19.2 Å². The summed E-state index contributed by atoms with van der Waals surface area (Å²) in [5.41, 5.74) is 3.34. The SMILES string of the molecule is COC(=O)c1ccc(NC(=O)C(=O)N/N=C\c2ccc(C(=O)O)cc2)cc1. The molecule has 0 spiro atoms. The molecule has 0 aromatic heterocycles. The second kappa shape index (κ2) is 8.90. The fourth-order valence-electron chi connectivity index (χ4n) is 1.92. The van der Waals surface area contributed by atoms with Crippen LogP contribution in [0.15, 0.2) is 53.6 Å². The molecule has 3 N–H and O–H groups in total. The molecule has 0 radical (unpaired) electrons. The van der Waals surface area contributed by atoms with E-state index in [4.69, 9.17) is 5.11 Å². The van der Waals surface area contributed by atoms with Gasteiger partial charge in [0.1, 0.15) is 0 Å². The van der Waals surface area contributed by atoms with Crippen LogP contribution in [0, 0.1) is 0 Å². The third-order valence-electron chi connectivity index (χ3n) is 3.31. The van der Waals surface area contributed by atoms with Crippen molar-refractivity contribution in [3.05, 3.63) is 65.2 Å². The zero-order valence-corrected chi connectivity index (χ0v) is 14.1. The Morgan fingerprint density at radius 3 is 2.07 bits per heavy atom. The third-order valence-corrected chi connectivity index (χ3v) is 3.31. The highest BCUT2D eigenvalue weighted by atomic mass is 16.5. The predicted molar refractivity (Wildman–Crippen MR) is 95.5 cm³/mol. The molecule has 138 valence electrons. The molecule has 9 nitrogen and oxygen atoms in total. The maximum Gasteiger partial charge on any atom is 0.337 e. The number of methoxy groups -OCH3 is 1. The lowest BCUT2D eigenvalue weighted by molar-refractivity contribution is -0.136. The average molecular weight is 369 g/mol. The number of rotatable bonds is 5. The number of carboxylic acids is 1. The van der Waals surface area contributed by atoms with Gasteiger partial charge >= 0.3 is 23.8 Å². The number of aromatic carboxylic acids is 1. The number of carboxylic acid groups (broad SMARTS) is 1. The summed E-state index contributed by atoms with van der Waals surface area (Å²) >= 11 is 0. The molecule has 0 fully saturated rings. The first-order chi connectivity index (χ1) is 12.9. The Morgan fingerprint density at radius 1 is 0.926 bits per heavy atom. The average Bonchev–Trinajstić information content (AvgIpc) is 2.68. The molecule has 2 aromatic carbocycles. The van der Waals surface area contributed by atoms with Gasteiger partial charge in [-0.1, -0.05) is 12.1 Å². The summed E-state index contributed by atoms with van der Waals surface area (Å²) < 4.78 is 4.56. The Kier molecular flexibility index (Phi) is 6.37. The van der Waals surface area contributed by atoms with Crippen molar-refractivity contribution in [3.63, 3.8) is 0 Å². The molecule has 0 saturated heterocycles. The number of esters is 1. The van der Waals surface area contributed by atoms with E-state index in [-0.39, 0.29) is 5.56 Å². The van der Waals surface area contributed by atoms with Crippen LogP contribution in [0.3, 0.4) is 0 Å². The van der Waals surface area contributed by atoms with Gasteiger partial charge in [0.05, 0.1) is 24.5 Å². The van der Waals surface area contributed by atoms with Gasteiger partial charge in [-0.05, 0) is 42.0 Å². The Balaban J connectivity index is 1.88. The second-order valence-corrected chi connectivity index (χ2v) is 5.15. The molecule has 9 heteroatoms. The van der Waals surface area contributed by atoms with Crippen LogP contribution in [0.4, 0.5) is 5.69 Å². The number of carbonyl (C=O) groups is 4. The number of hydrazone groups is 1. The molecule has 0 heterocycles. The summed E-state index contributed by atoms with van der Waals surface area (Å²) in [4.78, 5) is 45.6. The smallest absolute Gasteiger partial charge is 0.337 e. The van der Waals surface area contributed by atoms with Gasteiger partial charge in [0, 0.05) is 5.69 Å². The van der Waals surface area contributed by atoms with Gasteiger partial charge in [-0.2, -0.15) is 5.10 Å². The number of ether oxygens (including phenoxy) is 1. The van der Waals surface area contributed by atoms with Crippen LogP contribution in [0.2, 0.25) is 0 Å². The minimum absolute atomic E-state index is 0.119. The summed E-state index contributed by atoms with van der Waals surface area (Å²) in [5, 5.41) is 14.8.